The summed E-state index contributed by atoms with van der Waals surface area (Å²) in [6, 6.07) is 8.80. The standard InChI is InChI=1S/C55H82O14SSi/c1-31(30-60-71(10,11)54(6,7)8)23-44-35(5)41-27-37(56)26-39-18-20-43-48(62-39)52-51-50(65-43)49-47(66-51)29-55(67-49,68-52)22-21-40(63-53(57)36-15-13-12-14-16-36)25-33(3)42(69-70(9,58)59)19-17-38-24-32(2)34(4)45(61-38)28-46(41)64-44/h12-16,31-32,35,38-52H,3-4,17-30H2,1-2,5-11H3/t31-,32+,35+,38-,39+,40-,41?,42+,43-,44+,45?,46-,47+,48-,49-,50-,51+,52-,55-/m0/s1. The van der Waals surface area contributed by atoms with Gasteiger partial charge in [0.2, 0.25) is 0 Å². The summed E-state index contributed by atoms with van der Waals surface area (Å²) in [5, 5.41) is 0.103. The second kappa shape index (κ2) is 21.0. The molecule has 19 atom stereocenters. The van der Waals surface area contributed by atoms with Crippen LogP contribution < -0.4 is 0 Å². The Balaban J connectivity index is 1.00. The average molecular weight is 1030 g/mol. The largest absolute Gasteiger partial charge is 0.458 e. The monoisotopic (exact) mass is 1030 g/mol. The van der Waals surface area contributed by atoms with E-state index in [-0.39, 0.29) is 102 Å². The van der Waals surface area contributed by atoms with E-state index in [9.17, 15) is 18.0 Å². The average Bonchev–Trinajstić information content (AvgIpc) is 3.84. The molecule has 2 unspecified atom stereocenters. The van der Waals surface area contributed by atoms with Gasteiger partial charge in [-0.2, -0.15) is 8.42 Å². The van der Waals surface area contributed by atoms with Gasteiger partial charge in [0.25, 0.3) is 10.1 Å². The van der Waals surface area contributed by atoms with E-state index in [1.54, 1.807) is 24.3 Å². The topological polar surface area (TPSA) is 161 Å². The lowest BCUT2D eigenvalue weighted by Gasteiger charge is -2.47. The molecule has 0 aliphatic carbocycles. The lowest BCUT2D eigenvalue weighted by Crippen LogP contribution is -2.61. The third-order valence-electron chi connectivity index (χ3n) is 17.8. The van der Waals surface area contributed by atoms with E-state index >= 15 is 0 Å². The Bertz CT molecular complexity index is 2220. The summed E-state index contributed by atoms with van der Waals surface area (Å²) in [6.45, 7) is 27.6. The van der Waals surface area contributed by atoms with Gasteiger partial charge >= 0.3 is 5.97 Å². The van der Waals surface area contributed by atoms with Crippen LogP contribution in [0, 0.1) is 23.7 Å². The smallest absolute Gasteiger partial charge is 0.338 e. The maximum atomic E-state index is 14.5. The van der Waals surface area contributed by atoms with Crippen molar-refractivity contribution in [3.8, 4) is 0 Å². The Labute approximate surface area is 424 Å². The number of rotatable bonds is 9. The molecule has 0 aromatic heterocycles. The normalized spacial score (nSPS) is 41.7. The molecule has 0 radical (unpaired) electrons. The maximum Gasteiger partial charge on any atom is 0.338 e. The number of hydrogen-bond donors (Lipinski definition) is 0. The summed E-state index contributed by atoms with van der Waals surface area (Å²) in [5.41, 5.74) is 1.88. The molecule has 71 heavy (non-hydrogen) atoms. The first-order chi connectivity index (χ1) is 33.4. The van der Waals surface area contributed by atoms with E-state index in [4.69, 9.17) is 46.5 Å². The van der Waals surface area contributed by atoms with Crippen molar-refractivity contribution in [3.05, 3.63) is 60.2 Å². The van der Waals surface area contributed by atoms with Gasteiger partial charge in [0, 0.05) is 45.1 Å². The molecule has 396 valence electrons. The number of fused-ring (bicyclic) bond motifs is 4. The summed E-state index contributed by atoms with van der Waals surface area (Å²) in [4.78, 5) is 28.2. The molecule has 9 aliphatic rings. The molecule has 16 heteroatoms. The number of ether oxygens (including phenoxy) is 8. The van der Waals surface area contributed by atoms with Gasteiger partial charge in [-0.1, -0.05) is 72.9 Å². The molecule has 9 aliphatic heterocycles. The van der Waals surface area contributed by atoms with E-state index in [1.165, 1.54) is 0 Å². The fourth-order valence-electron chi connectivity index (χ4n) is 12.7. The molecule has 0 N–H and O–H groups in total. The SMILES string of the molecule is C=C1C2C[C@@H]3O[C@H](C[C@H](C)CO[Si](C)(C)C(C)(C)C)[C@H](C)C3CC(=O)C[C@H]3CC[C@@H]4O[C@@H]5[C@H]6O[C@@H]7C[C@](CC[C@H](OC(=O)c8ccccc8)CC(=C)[C@H](OS(C)(=O)=O)CC[C@@H](C[C@H]1C)O2)(O[C@H]6[C@H]4O3)O[C@H]57. The Kier molecular flexibility index (Phi) is 15.8. The van der Waals surface area contributed by atoms with Crippen LogP contribution in [0.1, 0.15) is 135 Å². The molecule has 9 saturated heterocycles. The molecule has 9 heterocycles. The highest BCUT2D eigenvalue weighted by atomic mass is 32.2. The highest BCUT2D eigenvalue weighted by molar-refractivity contribution is 7.86. The molecular formula is C55H82O14SSi. The van der Waals surface area contributed by atoms with Crippen LogP contribution >= 0.6 is 0 Å². The van der Waals surface area contributed by atoms with Gasteiger partial charge in [0.1, 0.15) is 42.4 Å². The van der Waals surface area contributed by atoms with Crippen molar-refractivity contribution in [1.29, 1.82) is 0 Å². The lowest BCUT2D eigenvalue weighted by atomic mass is 9.78. The number of esters is 1. The number of benzene rings is 1. The molecule has 0 amide bonds. The van der Waals surface area contributed by atoms with Crippen LogP contribution in [0.3, 0.4) is 0 Å². The second-order valence-electron chi connectivity index (χ2n) is 24.3. The maximum absolute atomic E-state index is 14.5. The zero-order valence-electron chi connectivity index (χ0n) is 43.7. The Hall–Kier alpha value is -2.35. The quantitative estimate of drug-likeness (QED) is 0.0997. The van der Waals surface area contributed by atoms with Crippen LogP contribution in [0.15, 0.2) is 54.6 Å². The van der Waals surface area contributed by atoms with Crippen molar-refractivity contribution in [2.45, 2.75) is 234 Å². The van der Waals surface area contributed by atoms with Gasteiger partial charge in [0.15, 0.2) is 14.1 Å². The van der Waals surface area contributed by atoms with E-state index in [2.05, 4.69) is 67.8 Å². The molecule has 0 saturated carbocycles. The summed E-state index contributed by atoms with van der Waals surface area (Å²) in [6.07, 6.45) is 1.81. The highest BCUT2D eigenvalue weighted by Crippen LogP contribution is 2.54. The van der Waals surface area contributed by atoms with Crippen LogP contribution in [0.25, 0.3) is 0 Å². The van der Waals surface area contributed by atoms with Crippen molar-refractivity contribution in [1.82, 2.24) is 0 Å². The molecular weight excluding hydrogens is 945 g/mol. The molecule has 10 rings (SSSR count). The second-order valence-corrected chi connectivity index (χ2v) is 30.7. The Morgan fingerprint density at radius 2 is 1.54 bits per heavy atom. The summed E-state index contributed by atoms with van der Waals surface area (Å²) < 4.78 is 92.9. The number of carbonyl (C=O) groups is 2. The van der Waals surface area contributed by atoms with Crippen LogP contribution in [-0.2, 0) is 61.4 Å². The fraction of sp³-hybridized carbons (Fsp3) is 0.782. The van der Waals surface area contributed by atoms with Crippen LogP contribution in [0.4, 0.5) is 0 Å². The minimum absolute atomic E-state index is 0.0533. The van der Waals surface area contributed by atoms with E-state index < -0.39 is 60.7 Å². The number of ketones is 1. The van der Waals surface area contributed by atoms with Gasteiger partial charge in [-0.05, 0) is 110 Å². The Morgan fingerprint density at radius 1 is 0.831 bits per heavy atom. The minimum atomic E-state index is -3.93. The number of Topliss-reactive ketones (excluding diaryl/α,β-unsaturated/α-hetero) is 1. The molecule has 10 bridgehead atoms. The van der Waals surface area contributed by atoms with Gasteiger partial charge in [-0.25, -0.2) is 4.79 Å². The van der Waals surface area contributed by atoms with E-state index in [0.29, 0.717) is 75.5 Å². The predicted molar refractivity (Wildman–Crippen MR) is 269 cm³/mol. The predicted octanol–water partition coefficient (Wildman–Crippen LogP) is 9.20. The molecule has 1 aromatic rings. The zero-order chi connectivity index (χ0) is 50.8. The van der Waals surface area contributed by atoms with E-state index in [0.717, 1.165) is 24.7 Å². The molecule has 1 aromatic carbocycles. The first-order valence-corrected chi connectivity index (χ1v) is 31.5. The van der Waals surface area contributed by atoms with Crippen LogP contribution in [0.2, 0.25) is 18.1 Å². The van der Waals surface area contributed by atoms with Crippen molar-refractivity contribution in [2.24, 2.45) is 23.7 Å². The van der Waals surface area contributed by atoms with E-state index in [1.807, 2.05) is 6.07 Å². The van der Waals surface area contributed by atoms with Gasteiger partial charge in [-0.15, -0.1) is 0 Å². The van der Waals surface area contributed by atoms with Crippen molar-refractivity contribution in [2.75, 3.05) is 12.9 Å². The van der Waals surface area contributed by atoms with Gasteiger partial charge in [0.05, 0.1) is 60.7 Å². The summed E-state index contributed by atoms with van der Waals surface area (Å²) in [5.74, 6) is -1.02. The summed E-state index contributed by atoms with van der Waals surface area (Å²) >= 11 is 0. The van der Waals surface area contributed by atoms with Crippen LogP contribution in [0.5, 0.6) is 0 Å². The molecule has 9 fully saturated rings. The van der Waals surface area contributed by atoms with Gasteiger partial charge in [-0.3, -0.25) is 8.98 Å². The third kappa shape index (κ3) is 11.9. The molecule has 1 spiro atoms. The van der Waals surface area contributed by atoms with Gasteiger partial charge < -0.3 is 42.3 Å². The Morgan fingerprint density at radius 3 is 2.27 bits per heavy atom. The van der Waals surface area contributed by atoms with Crippen molar-refractivity contribution in [3.63, 3.8) is 0 Å². The lowest BCUT2D eigenvalue weighted by molar-refractivity contribution is -0.292. The van der Waals surface area contributed by atoms with Crippen LogP contribution in [-0.4, -0.2) is 133 Å². The molecule has 14 nitrogen and oxygen atoms in total. The fourth-order valence-corrected chi connectivity index (χ4v) is 14.4. The number of hydrogen-bond acceptors (Lipinski definition) is 14. The first-order valence-electron chi connectivity index (χ1n) is 26.7. The zero-order valence-corrected chi connectivity index (χ0v) is 45.5. The number of carbonyl (C=O) groups excluding carboxylic acids is 2. The summed E-state index contributed by atoms with van der Waals surface area (Å²) in [7, 11) is -5.89. The first kappa shape index (κ1) is 53.5. The minimum Gasteiger partial charge on any atom is -0.458 e. The third-order valence-corrected chi connectivity index (χ3v) is 22.9. The van der Waals surface area contributed by atoms with Crippen molar-refractivity contribution < 1.29 is 64.5 Å². The highest BCUT2D eigenvalue weighted by Gasteiger charge is 2.69. The van der Waals surface area contributed by atoms with Crippen molar-refractivity contribution >= 4 is 30.2 Å².